The molecule has 0 aliphatic carbocycles. The maximum absolute atomic E-state index is 13.1. The van der Waals surface area contributed by atoms with Gasteiger partial charge in [0, 0.05) is 33.1 Å². The van der Waals surface area contributed by atoms with E-state index in [9.17, 15) is 18.8 Å². The number of halogens is 1. The molecule has 2 aromatic rings. The summed E-state index contributed by atoms with van der Waals surface area (Å²) in [6, 6.07) is 15.6. The van der Waals surface area contributed by atoms with Crippen LogP contribution < -0.4 is 10.6 Å². The lowest BCUT2D eigenvalue weighted by Crippen LogP contribution is -2.64. The number of urea groups is 1. The van der Waals surface area contributed by atoms with Crippen LogP contribution in [0.5, 0.6) is 0 Å². The third-order valence-corrected chi connectivity index (χ3v) is 5.87. The van der Waals surface area contributed by atoms with Gasteiger partial charge >= 0.3 is 6.03 Å². The van der Waals surface area contributed by atoms with Crippen LogP contribution in [0.2, 0.25) is 0 Å². The summed E-state index contributed by atoms with van der Waals surface area (Å²) in [4.78, 5) is 38.9. The highest BCUT2D eigenvalue weighted by Gasteiger charge is 2.32. The van der Waals surface area contributed by atoms with Crippen LogP contribution in [0.1, 0.15) is 64.5 Å². The summed E-state index contributed by atoms with van der Waals surface area (Å²) in [5.41, 5.74) is 2.01. The number of aryl methyl sites for hydroxylation is 1. The summed E-state index contributed by atoms with van der Waals surface area (Å²) in [5, 5.41) is 8.58. The molecule has 0 saturated carbocycles. The fourth-order valence-electron chi connectivity index (χ4n) is 4.00. The van der Waals surface area contributed by atoms with Crippen LogP contribution in [0.3, 0.4) is 0 Å². The van der Waals surface area contributed by atoms with Gasteiger partial charge in [-0.05, 0) is 42.5 Å². The lowest BCUT2D eigenvalue weighted by atomic mass is 10.1. The number of unbranched alkanes of at least 4 members (excludes halogenated alkanes) is 1. The Morgan fingerprint density at radius 2 is 1.67 bits per heavy atom. The maximum atomic E-state index is 13.1. The molecule has 0 bridgehead atoms. The van der Waals surface area contributed by atoms with Gasteiger partial charge in [0.05, 0.1) is 6.54 Å². The molecule has 0 radical (unpaired) electrons. The Labute approximate surface area is 233 Å². The Bertz CT molecular complexity index is 959. The smallest absolute Gasteiger partial charge is 0.334 e. The van der Waals surface area contributed by atoms with Crippen molar-refractivity contribution in [2.24, 2.45) is 0 Å². The molecule has 9 heteroatoms. The molecule has 2 aromatic carbocycles. The van der Waals surface area contributed by atoms with Crippen molar-refractivity contribution in [1.82, 2.24) is 25.6 Å². The van der Waals surface area contributed by atoms with Gasteiger partial charge in [-0.2, -0.15) is 0 Å². The minimum atomic E-state index is -0.714. The average molecular weight is 544 g/mol. The molecule has 8 nitrogen and oxygen atoms in total. The fraction of sp³-hybridized carbons (Fsp3) is 0.500. The Morgan fingerprint density at radius 1 is 1.03 bits per heavy atom. The van der Waals surface area contributed by atoms with Crippen LogP contribution in [0.15, 0.2) is 54.6 Å². The Morgan fingerprint density at radius 3 is 2.28 bits per heavy atom. The molecule has 2 N–H and O–H groups in total. The molecule has 0 aromatic heterocycles. The van der Waals surface area contributed by atoms with Crippen molar-refractivity contribution in [3.63, 3.8) is 0 Å². The lowest BCUT2D eigenvalue weighted by Gasteiger charge is -2.42. The van der Waals surface area contributed by atoms with Crippen LogP contribution in [-0.2, 0) is 22.6 Å². The van der Waals surface area contributed by atoms with Crippen LogP contribution >= 0.6 is 0 Å². The zero-order valence-corrected chi connectivity index (χ0v) is 24.2. The molecular weight excluding hydrogens is 497 g/mol. The predicted octanol–water partition coefficient (Wildman–Crippen LogP) is 4.95. The molecule has 0 spiro atoms. The van der Waals surface area contributed by atoms with Crippen LogP contribution in [-0.4, -0.2) is 66.1 Å². The normalized spacial score (nSPS) is 15.5. The summed E-state index contributed by atoms with van der Waals surface area (Å²) >= 11 is 0. The number of nitrogens with zero attached hydrogens (tertiary/aromatic N) is 3. The van der Waals surface area contributed by atoms with Gasteiger partial charge in [0.2, 0.25) is 12.3 Å². The van der Waals surface area contributed by atoms with Gasteiger partial charge in [-0.3, -0.25) is 9.59 Å². The van der Waals surface area contributed by atoms with Crippen molar-refractivity contribution in [2.45, 2.75) is 72.5 Å². The lowest BCUT2D eigenvalue weighted by molar-refractivity contribution is -0.139. The molecule has 1 aliphatic rings. The van der Waals surface area contributed by atoms with Gasteiger partial charge < -0.3 is 15.5 Å². The van der Waals surface area contributed by atoms with Crippen molar-refractivity contribution in [3.8, 4) is 0 Å². The minimum Gasteiger partial charge on any atom is -0.339 e. The number of carbonyl (C=O) groups excluding carboxylic acids is 3. The van der Waals surface area contributed by atoms with E-state index in [2.05, 4.69) is 36.6 Å². The van der Waals surface area contributed by atoms with Crippen molar-refractivity contribution < 1.29 is 18.8 Å². The third-order valence-electron chi connectivity index (χ3n) is 5.87. The topological polar surface area (TPSA) is 85.0 Å². The Hall–Kier alpha value is -3.46. The van der Waals surface area contributed by atoms with Gasteiger partial charge in [0.1, 0.15) is 12.0 Å². The summed E-state index contributed by atoms with van der Waals surface area (Å²) in [6.45, 7) is 9.54. The second kappa shape index (κ2) is 19.6. The number of carbonyl (C=O) groups is 3. The number of amides is 4. The molecule has 1 saturated heterocycles. The van der Waals surface area contributed by atoms with E-state index in [0.29, 0.717) is 19.5 Å². The first kappa shape index (κ1) is 33.6. The first-order valence-electron chi connectivity index (χ1n) is 13.9. The van der Waals surface area contributed by atoms with E-state index in [1.165, 1.54) is 29.1 Å². The van der Waals surface area contributed by atoms with Crippen molar-refractivity contribution in [2.75, 3.05) is 26.7 Å². The minimum absolute atomic E-state index is 0.00405. The molecule has 39 heavy (non-hydrogen) atoms. The predicted molar refractivity (Wildman–Crippen MR) is 154 cm³/mol. The molecule has 1 aliphatic heterocycles. The fourth-order valence-corrected chi connectivity index (χ4v) is 4.00. The van der Waals surface area contributed by atoms with Gasteiger partial charge in [0.25, 0.3) is 0 Å². The largest absolute Gasteiger partial charge is 0.339 e. The number of hydrazine groups is 1. The molecule has 1 heterocycles. The Kier molecular flexibility index (Phi) is 16.9. The zero-order chi connectivity index (χ0) is 29.0. The van der Waals surface area contributed by atoms with Crippen molar-refractivity contribution in [1.29, 1.82) is 0 Å². The first-order chi connectivity index (χ1) is 18.9. The highest BCUT2D eigenvalue weighted by atomic mass is 19.1. The molecule has 3 rings (SSSR count). The highest BCUT2D eigenvalue weighted by molar-refractivity contribution is 5.78. The van der Waals surface area contributed by atoms with Gasteiger partial charge in [-0.25, -0.2) is 19.2 Å². The second-order valence-corrected chi connectivity index (χ2v) is 9.05. The summed E-state index contributed by atoms with van der Waals surface area (Å²) in [7, 11) is 1.71. The van der Waals surface area contributed by atoms with Crippen LogP contribution in [0, 0.1) is 5.82 Å². The van der Waals surface area contributed by atoms with E-state index >= 15 is 0 Å². The van der Waals surface area contributed by atoms with Gasteiger partial charge in [-0.1, -0.05) is 76.6 Å². The average Bonchev–Trinajstić information content (AvgIpc) is 2.94. The molecule has 1 unspecified atom stereocenters. The number of hydrogen-bond acceptors (Lipinski definition) is 4. The summed E-state index contributed by atoms with van der Waals surface area (Å²) in [6.07, 6.45) is 4.03. The zero-order valence-electron chi connectivity index (χ0n) is 24.2. The molecular formula is C30H46FN5O3. The maximum Gasteiger partial charge on any atom is 0.334 e. The summed E-state index contributed by atoms with van der Waals surface area (Å²) < 4.78 is 13.1. The summed E-state index contributed by atoms with van der Waals surface area (Å²) in [5.74, 6) is -0.349. The molecule has 1 fully saturated rings. The second-order valence-electron chi connectivity index (χ2n) is 9.05. The standard InChI is InChI=1S/C25H32FN5O3.C3H8.C2H6/c1-29-16-14-24(33)30(15-6-5-9-20-7-3-2-4-8-20)18-23(28-19-32)31(29)25(34)27-17-21-10-12-22(26)13-11-21;1-3-2;1-2/h2-4,7-8,10-13,19,23H,5-6,9,14-18H2,1H3,(H,27,34)(H,28,32);3H2,1-2H3;1-2H3. The van der Waals surface area contributed by atoms with E-state index < -0.39 is 12.2 Å². The van der Waals surface area contributed by atoms with E-state index in [-0.39, 0.29) is 31.2 Å². The first-order valence-corrected chi connectivity index (χ1v) is 13.9. The van der Waals surface area contributed by atoms with Crippen molar-refractivity contribution in [3.05, 3.63) is 71.5 Å². The van der Waals surface area contributed by atoms with Gasteiger partial charge in [0.15, 0.2) is 0 Å². The SMILES string of the molecule is CC.CCC.CN1CCC(=O)N(CCCCc2ccccc2)CC(NC=O)N1C(=O)NCc1ccc(F)cc1. The quantitative estimate of drug-likeness (QED) is 0.346. The number of nitrogens with one attached hydrogen (secondary N) is 2. The number of hydrogen-bond donors (Lipinski definition) is 2. The Balaban J connectivity index is 0.00000142. The number of rotatable bonds is 9. The van der Waals surface area contributed by atoms with Crippen molar-refractivity contribution >= 4 is 18.3 Å². The van der Waals surface area contributed by atoms with Crippen LogP contribution in [0.4, 0.5) is 9.18 Å². The van der Waals surface area contributed by atoms with E-state index in [1.54, 1.807) is 29.1 Å². The highest BCUT2D eigenvalue weighted by Crippen LogP contribution is 2.13. The van der Waals surface area contributed by atoms with Gasteiger partial charge in [-0.15, -0.1) is 0 Å². The third kappa shape index (κ3) is 12.3. The monoisotopic (exact) mass is 543 g/mol. The van der Waals surface area contributed by atoms with E-state index in [4.69, 9.17) is 0 Å². The molecule has 216 valence electrons. The molecule has 4 amide bonds. The van der Waals surface area contributed by atoms with Crippen LogP contribution in [0.25, 0.3) is 0 Å². The molecule has 1 atom stereocenters. The van der Waals surface area contributed by atoms with E-state index in [1.807, 2.05) is 32.0 Å². The number of benzene rings is 2. The van der Waals surface area contributed by atoms with E-state index in [0.717, 1.165) is 24.8 Å².